The van der Waals surface area contributed by atoms with Gasteiger partial charge in [0.2, 0.25) is 0 Å². The van der Waals surface area contributed by atoms with Crippen molar-refractivity contribution in [3.63, 3.8) is 0 Å². The van der Waals surface area contributed by atoms with E-state index >= 15 is 0 Å². The van der Waals surface area contributed by atoms with Gasteiger partial charge in [-0.1, -0.05) is 13.0 Å². The number of ether oxygens (including phenoxy) is 2. The van der Waals surface area contributed by atoms with Crippen molar-refractivity contribution in [1.29, 1.82) is 0 Å². The number of aryl methyl sites for hydroxylation is 1. The van der Waals surface area contributed by atoms with Crippen LogP contribution in [0.4, 0.5) is 0 Å². The number of H-pyrrole nitrogens is 1. The van der Waals surface area contributed by atoms with Gasteiger partial charge in [-0.15, -0.1) is 0 Å². The summed E-state index contributed by atoms with van der Waals surface area (Å²) in [5.74, 6) is 1.84. The fraction of sp³-hybridized carbons (Fsp3) is 0.115. The maximum absolute atomic E-state index is 12.6. The van der Waals surface area contributed by atoms with Crippen molar-refractivity contribution >= 4 is 20.9 Å². The molecule has 0 saturated carbocycles. The third kappa shape index (κ3) is 4.58. The van der Waals surface area contributed by atoms with E-state index in [0.29, 0.717) is 39.8 Å². The van der Waals surface area contributed by atoms with E-state index in [2.05, 4.69) is 15.0 Å². The Morgan fingerprint density at radius 3 is 2.47 bits per heavy atom. The van der Waals surface area contributed by atoms with E-state index in [1.165, 1.54) is 16.7 Å². The first kappa shape index (κ1) is 23.3. The minimum atomic E-state index is -3.32. The zero-order valence-electron chi connectivity index (χ0n) is 19.5. The van der Waals surface area contributed by atoms with E-state index in [-0.39, 0.29) is 22.0 Å². The minimum absolute atomic E-state index is 0.0158. The number of benzene rings is 2. The van der Waals surface area contributed by atoms with E-state index in [4.69, 9.17) is 9.47 Å². The van der Waals surface area contributed by atoms with Gasteiger partial charge in [0.05, 0.1) is 16.2 Å². The number of pyridine rings is 2. The van der Waals surface area contributed by atoms with Crippen molar-refractivity contribution in [2.24, 2.45) is 7.05 Å². The first-order chi connectivity index (χ1) is 17.3. The Morgan fingerprint density at radius 1 is 0.944 bits per heavy atom. The predicted octanol–water partition coefficient (Wildman–Crippen LogP) is 4.70. The number of aromatic nitrogens is 4. The number of rotatable bonds is 7. The molecule has 36 heavy (non-hydrogen) atoms. The highest BCUT2D eigenvalue weighted by Gasteiger charge is 2.17. The summed E-state index contributed by atoms with van der Waals surface area (Å²) in [5.41, 5.74) is 1.45. The first-order valence-corrected chi connectivity index (χ1v) is 12.8. The quantitative estimate of drug-likeness (QED) is 0.343. The fourth-order valence-electron chi connectivity index (χ4n) is 3.61. The summed E-state index contributed by atoms with van der Waals surface area (Å²) < 4.78 is 37.7. The molecule has 3 aromatic heterocycles. The molecule has 0 radical (unpaired) electrons. The molecule has 0 saturated heterocycles. The number of aromatic amines is 1. The molecule has 0 aliphatic rings. The van der Waals surface area contributed by atoms with Crippen molar-refractivity contribution in [3.05, 3.63) is 89.5 Å². The molecule has 5 rings (SSSR count). The van der Waals surface area contributed by atoms with Gasteiger partial charge in [-0.3, -0.25) is 9.78 Å². The molecule has 182 valence electrons. The predicted molar refractivity (Wildman–Crippen MR) is 135 cm³/mol. The lowest BCUT2D eigenvalue weighted by molar-refractivity contribution is 0.457. The van der Waals surface area contributed by atoms with Crippen molar-refractivity contribution < 1.29 is 17.9 Å². The summed E-state index contributed by atoms with van der Waals surface area (Å²) in [6, 6.07) is 18.4. The molecule has 0 spiro atoms. The zero-order chi connectivity index (χ0) is 25.3. The second-order valence-electron chi connectivity index (χ2n) is 7.99. The maximum atomic E-state index is 12.6. The molecule has 10 heteroatoms. The van der Waals surface area contributed by atoms with Crippen LogP contribution in [0.25, 0.3) is 22.6 Å². The van der Waals surface area contributed by atoms with Crippen LogP contribution in [0, 0.1) is 0 Å². The van der Waals surface area contributed by atoms with Gasteiger partial charge in [0.25, 0.3) is 5.56 Å². The van der Waals surface area contributed by atoms with E-state index < -0.39 is 9.84 Å². The van der Waals surface area contributed by atoms with Crippen LogP contribution < -0.4 is 15.0 Å². The lowest BCUT2D eigenvalue weighted by Crippen LogP contribution is -2.16. The van der Waals surface area contributed by atoms with Gasteiger partial charge in [-0.2, -0.15) is 0 Å². The molecule has 3 heterocycles. The highest BCUT2D eigenvalue weighted by molar-refractivity contribution is 7.91. The average Bonchev–Trinajstić information content (AvgIpc) is 3.32. The Hall–Kier alpha value is -4.44. The topological polar surface area (TPSA) is 116 Å². The van der Waals surface area contributed by atoms with Crippen LogP contribution in [0.2, 0.25) is 0 Å². The van der Waals surface area contributed by atoms with E-state index in [1.54, 1.807) is 62.8 Å². The average molecular weight is 503 g/mol. The zero-order valence-corrected chi connectivity index (χ0v) is 20.3. The van der Waals surface area contributed by atoms with E-state index in [9.17, 15) is 13.2 Å². The Kier molecular flexibility index (Phi) is 6.03. The standard InChI is InChI=1S/C26H22N4O5S/c1-3-36(32,33)19-11-9-17(10-12-19)34-18-15-21-24(29-25(28-21)20-7-4-5-13-27-20)23(16-18)35-22-8-6-14-30(2)26(22)31/h4-16H,3H2,1-2H3,(H,28,29). The van der Waals surface area contributed by atoms with Gasteiger partial charge in [-0.05, 0) is 48.5 Å². The molecule has 1 N–H and O–H groups in total. The maximum Gasteiger partial charge on any atom is 0.293 e. The summed E-state index contributed by atoms with van der Waals surface area (Å²) >= 11 is 0. The number of nitrogens with one attached hydrogen (secondary N) is 1. The van der Waals surface area contributed by atoms with Gasteiger partial charge in [0, 0.05) is 31.6 Å². The molecular weight excluding hydrogens is 480 g/mol. The van der Waals surface area contributed by atoms with Gasteiger partial charge < -0.3 is 19.0 Å². The smallest absolute Gasteiger partial charge is 0.293 e. The highest BCUT2D eigenvalue weighted by Crippen LogP contribution is 2.35. The van der Waals surface area contributed by atoms with Gasteiger partial charge in [0.1, 0.15) is 22.7 Å². The molecule has 0 aliphatic heterocycles. The fourth-order valence-corrected chi connectivity index (χ4v) is 4.49. The molecule has 0 amide bonds. The van der Waals surface area contributed by atoms with Crippen LogP contribution in [0.5, 0.6) is 23.0 Å². The molecule has 0 aliphatic carbocycles. The lowest BCUT2D eigenvalue weighted by Gasteiger charge is -2.11. The van der Waals surface area contributed by atoms with Crippen LogP contribution >= 0.6 is 0 Å². The molecule has 0 fully saturated rings. The minimum Gasteiger partial charge on any atom is -0.457 e. The van der Waals surface area contributed by atoms with Crippen LogP contribution in [0.15, 0.2) is 88.8 Å². The number of hydrogen-bond acceptors (Lipinski definition) is 7. The second-order valence-corrected chi connectivity index (χ2v) is 10.3. The van der Waals surface area contributed by atoms with E-state index in [0.717, 1.165) is 0 Å². The largest absolute Gasteiger partial charge is 0.457 e. The normalized spacial score (nSPS) is 11.5. The molecule has 9 nitrogen and oxygen atoms in total. The first-order valence-electron chi connectivity index (χ1n) is 11.1. The number of fused-ring (bicyclic) bond motifs is 1. The van der Waals surface area contributed by atoms with E-state index in [1.807, 2.05) is 18.2 Å². The molecule has 2 aromatic carbocycles. The number of nitrogens with zero attached hydrogens (tertiary/aromatic N) is 3. The Balaban J connectivity index is 1.57. The molecule has 0 unspecified atom stereocenters. The highest BCUT2D eigenvalue weighted by atomic mass is 32.2. The summed E-state index contributed by atoms with van der Waals surface area (Å²) in [7, 11) is -1.68. The number of hydrogen-bond donors (Lipinski definition) is 1. The molecular formula is C26H22N4O5S. The van der Waals surface area contributed by atoms with Gasteiger partial charge >= 0.3 is 0 Å². The Labute approximate surface area is 206 Å². The Bertz CT molecular complexity index is 1710. The molecule has 5 aromatic rings. The van der Waals surface area contributed by atoms with Gasteiger partial charge in [-0.25, -0.2) is 13.4 Å². The monoisotopic (exact) mass is 502 g/mol. The summed E-state index contributed by atoms with van der Waals surface area (Å²) in [5, 5.41) is 0. The van der Waals surface area contributed by atoms with Crippen molar-refractivity contribution in [3.8, 4) is 34.5 Å². The van der Waals surface area contributed by atoms with Crippen molar-refractivity contribution in [1.82, 2.24) is 19.5 Å². The number of sulfone groups is 1. The third-order valence-corrected chi connectivity index (χ3v) is 7.29. The lowest BCUT2D eigenvalue weighted by atomic mass is 10.2. The third-order valence-electron chi connectivity index (χ3n) is 5.54. The number of imidazole rings is 1. The summed E-state index contributed by atoms with van der Waals surface area (Å²) in [6.07, 6.45) is 3.31. The summed E-state index contributed by atoms with van der Waals surface area (Å²) in [4.78, 5) is 25.0. The second kappa shape index (κ2) is 9.31. The Morgan fingerprint density at radius 2 is 1.75 bits per heavy atom. The van der Waals surface area contributed by atoms with Crippen molar-refractivity contribution in [2.75, 3.05) is 5.75 Å². The van der Waals surface area contributed by atoms with Crippen LogP contribution in [-0.2, 0) is 16.9 Å². The summed E-state index contributed by atoms with van der Waals surface area (Å²) in [6.45, 7) is 1.60. The van der Waals surface area contributed by atoms with Crippen LogP contribution in [0.3, 0.4) is 0 Å². The molecule has 0 bridgehead atoms. The van der Waals surface area contributed by atoms with Crippen LogP contribution in [-0.4, -0.2) is 33.7 Å². The molecule has 0 atom stereocenters. The SMILES string of the molecule is CCS(=O)(=O)c1ccc(Oc2cc(Oc3cccn(C)c3=O)c3nc(-c4ccccn4)[nH]c3c2)cc1. The van der Waals surface area contributed by atoms with Crippen molar-refractivity contribution in [2.45, 2.75) is 11.8 Å². The van der Waals surface area contributed by atoms with Gasteiger partial charge in [0.15, 0.2) is 27.2 Å². The van der Waals surface area contributed by atoms with Crippen LogP contribution in [0.1, 0.15) is 6.92 Å².